The standard InChI is InChI=1S/C22H25NO4S/c1-5-27-22(24)20-21(28(25)15(2)3)18-13-17(26-4)11-12-19(18)23(20)14-16-9-7-6-8-10-16/h6-13,15H,5,14H2,1-4H3. The minimum Gasteiger partial charge on any atom is -0.497 e. The van der Waals surface area contributed by atoms with Crippen molar-refractivity contribution in [2.75, 3.05) is 13.7 Å². The number of methoxy groups -OCH3 is 1. The van der Waals surface area contributed by atoms with Gasteiger partial charge >= 0.3 is 5.97 Å². The highest BCUT2D eigenvalue weighted by atomic mass is 32.2. The van der Waals surface area contributed by atoms with Gasteiger partial charge < -0.3 is 14.0 Å². The summed E-state index contributed by atoms with van der Waals surface area (Å²) in [6.07, 6.45) is 0. The lowest BCUT2D eigenvalue weighted by molar-refractivity contribution is 0.0510. The zero-order chi connectivity index (χ0) is 20.3. The maximum absolute atomic E-state index is 13.2. The van der Waals surface area contributed by atoms with Crippen molar-refractivity contribution < 1.29 is 18.5 Å². The highest BCUT2D eigenvalue weighted by molar-refractivity contribution is 7.86. The van der Waals surface area contributed by atoms with E-state index in [1.165, 1.54) is 0 Å². The number of carbonyl (C=O) groups excluding carboxylic acids is 1. The molecule has 2 aromatic carbocycles. The summed E-state index contributed by atoms with van der Waals surface area (Å²) >= 11 is 0. The Labute approximate surface area is 167 Å². The highest BCUT2D eigenvalue weighted by Gasteiger charge is 2.29. The van der Waals surface area contributed by atoms with Crippen molar-refractivity contribution in [1.82, 2.24) is 4.57 Å². The first-order valence-corrected chi connectivity index (χ1v) is 10.5. The molecule has 0 bridgehead atoms. The van der Waals surface area contributed by atoms with Crippen LogP contribution in [-0.2, 0) is 22.1 Å². The molecule has 0 saturated carbocycles. The summed E-state index contributed by atoms with van der Waals surface area (Å²) in [5.74, 6) is 0.194. The van der Waals surface area contributed by atoms with Crippen LogP contribution in [0.5, 0.6) is 5.75 Å². The third-order valence-corrected chi connectivity index (χ3v) is 6.18. The van der Waals surface area contributed by atoms with Crippen molar-refractivity contribution >= 4 is 27.7 Å². The van der Waals surface area contributed by atoms with E-state index in [1.54, 1.807) is 14.0 Å². The van der Waals surface area contributed by atoms with E-state index in [0.29, 0.717) is 22.9 Å². The Morgan fingerprint density at radius 3 is 2.46 bits per heavy atom. The Bertz CT molecular complexity index is 1010. The maximum Gasteiger partial charge on any atom is 0.356 e. The van der Waals surface area contributed by atoms with Gasteiger partial charge in [0, 0.05) is 17.2 Å². The van der Waals surface area contributed by atoms with E-state index in [0.717, 1.165) is 16.5 Å². The molecular weight excluding hydrogens is 374 g/mol. The van der Waals surface area contributed by atoms with Gasteiger partial charge in [-0.2, -0.15) is 0 Å². The van der Waals surface area contributed by atoms with Gasteiger partial charge in [0.05, 0.1) is 34.9 Å². The predicted molar refractivity (Wildman–Crippen MR) is 112 cm³/mol. The molecule has 148 valence electrons. The molecule has 6 heteroatoms. The number of hydrogen-bond donors (Lipinski definition) is 0. The van der Waals surface area contributed by atoms with Crippen LogP contribution < -0.4 is 4.74 Å². The van der Waals surface area contributed by atoms with E-state index < -0.39 is 16.8 Å². The number of fused-ring (bicyclic) bond motifs is 1. The van der Waals surface area contributed by atoms with Crippen molar-refractivity contribution in [2.45, 2.75) is 37.5 Å². The Morgan fingerprint density at radius 1 is 1.14 bits per heavy atom. The second-order valence-corrected chi connectivity index (χ2v) is 8.65. The van der Waals surface area contributed by atoms with Crippen LogP contribution in [0.4, 0.5) is 0 Å². The largest absolute Gasteiger partial charge is 0.497 e. The van der Waals surface area contributed by atoms with Crippen LogP contribution in [0.1, 0.15) is 36.8 Å². The first-order chi connectivity index (χ1) is 13.5. The fourth-order valence-electron chi connectivity index (χ4n) is 3.20. The van der Waals surface area contributed by atoms with E-state index in [4.69, 9.17) is 9.47 Å². The van der Waals surface area contributed by atoms with Gasteiger partial charge in [-0.25, -0.2) is 4.79 Å². The summed E-state index contributed by atoms with van der Waals surface area (Å²) in [4.78, 5) is 13.4. The smallest absolute Gasteiger partial charge is 0.356 e. The molecule has 1 unspecified atom stereocenters. The summed E-state index contributed by atoms with van der Waals surface area (Å²) in [5.41, 5.74) is 2.22. The molecule has 0 amide bonds. The van der Waals surface area contributed by atoms with Gasteiger partial charge in [0.25, 0.3) is 0 Å². The molecule has 0 aliphatic rings. The Morgan fingerprint density at radius 2 is 1.86 bits per heavy atom. The van der Waals surface area contributed by atoms with Crippen LogP contribution in [-0.4, -0.2) is 33.7 Å². The van der Waals surface area contributed by atoms with Crippen LogP contribution in [0.2, 0.25) is 0 Å². The van der Waals surface area contributed by atoms with Gasteiger partial charge in [0.2, 0.25) is 0 Å². The van der Waals surface area contributed by atoms with Gasteiger partial charge in [0.15, 0.2) is 0 Å². The van der Waals surface area contributed by atoms with E-state index in [1.807, 2.05) is 66.9 Å². The number of nitrogens with zero attached hydrogens (tertiary/aromatic N) is 1. The molecule has 28 heavy (non-hydrogen) atoms. The van der Waals surface area contributed by atoms with Gasteiger partial charge in [0.1, 0.15) is 11.4 Å². The fourth-order valence-corrected chi connectivity index (χ4v) is 4.44. The lowest BCUT2D eigenvalue weighted by atomic mass is 10.2. The van der Waals surface area contributed by atoms with Crippen molar-refractivity contribution in [1.29, 1.82) is 0 Å². The average molecular weight is 400 g/mol. The highest BCUT2D eigenvalue weighted by Crippen LogP contribution is 2.34. The number of aromatic nitrogens is 1. The number of benzene rings is 2. The van der Waals surface area contributed by atoms with Crippen molar-refractivity contribution in [3.63, 3.8) is 0 Å². The normalized spacial score (nSPS) is 12.3. The summed E-state index contributed by atoms with van der Waals surface area (Å²) in [7, 11) is 0.221. The molecule has 0 radical (unpaired) electrons. The van der Waals surface area contributed by atoms with Crippen molar-refractivity contribution in [3.05, 3.63) is 59.8 Å². The summed E-state index contributed by atoms with van der Waals surface area (Å²) in [5, 5.41) is 0.612. The van der Waals surface area contributed by atoms with Gasteiger partial charge in [-0.05, 0) is 30.7 Å². The van der Waals surface area contributed by atoms with Crippen LogP contribution in [0.15, 0.2) is 53.4 Å². The summed E-state index contributed by atoms with van der Waals surface area (Å²) in [6, 6.07) is 15.5. The third-order valence-electron chi connectivity index (χ3n) is 4.51. The predicted octanol–water partition coefficient (Wildman–Crippen LogP) is 4.39. The van der Waals surface area contributed by atoms with Gasteiger partial charge in [-0.1, -0.05) is 44.2 Å². The SMILES string of the molecule is CCOC(=O)c1c(S(=O)C(C)C)c2cc(OC)ccc2n1Cc1ccccc1. The zero-order valence-corrected chi connectivity index (χ0v) is 17.4. The fraction of sp³-hybridized carbons (Fsp3) is 0.318. The molecule has 3 aromatic rings. The van der Waals surface area contributed by atoms with Crippen LogP contribution in [0.3, 0.4) is 0 Å². The minimum atomic E-state index is -1.37. The molecule has 0 fully saturated rings. The van der Waals surface area contributed by atoms with Crippen LogP contribution >= 0.6 is 0 Å². The molecular formula is C22H25NO4S. The molecule has 1 atom stereocenters. The topological polar surface area (TPSA) is 57.5 Å². The van der Waals surface area contributed by atoms with Crippen LogP contribution in [0.25, 0.3) is 10.9 Å². The lowest BCUT2D eigenvalue weighted by Gasteiger charge is -2.12. The number of ether oxygens (including phenoxy) is 2. The van der Waals surface area contributed by atoms with Crippen molar-refractivity contribution in [3.8, 4) is 5.75 Å². The molecule has 5 nitrogen and oxygen atoms in total. The first-order valence-electron chi connectivity index (χ1n) is 9.29. The van der Waals surface area contributed by atoms with E-state index in [2.05, 4.69) is 0 Å². The number of hydrogen-bond acceptors (Lipinski definition) is 4. The molecule has 1 heterocycles. The minimum absolute atomic E-state index is 0.143. The monoisotopic (exact) mass is 399 g/mol. The molecule has 0 N–H and O–H groups in total. The first kappa shape index (κ1) is 20.1. The summed E-state index contributed by atoms with van der Waals surface area (Å²) in [6.45, 7) is 6.26. The van der Waals surface area contributed by atoms with Gasteiger partial charge in [-0.15, -0.1) is 0 Å². The zero-order valence-electron chi connectivity index (χ0n) is 16.6. The molecule has 1 aromatic heterocycles. The molecule has 0 saturated heterocycles. The van der Waals surface area contributed by atoms with E-state index >= 15 is 0 Å². The Balaban J connectivity index is 2.33. The molecule has 3 rings (SSSR count). The molecule has 0 spiro atoms. The average Bonchev–Trinajstić information content (AvgIpc) is 3.01. The second kappa shape index (κ2) is 8.61. The lowest BCUT2D eigenvalue weighted by Crippen LogP contribution is -2.17. The van der Waals surface area contributed by atoms with Crippen LogP contribution in [0, 0.1) is 0 Å². The number of carbonyl (C=O) groups is 1. The third kappa shape index (κ3) is 3.83. The number of esters is 1. The van der Waals surface area contributed by atoms with E-state index in [-0.39, 0.29) is 11.9 Å². The Hall–Kier alpha value is -2.60. The molecule has 0 aliphatic heterocycles. The van der Waals surface area contributed by atoms with E-state index in [9.17, 15) is 9.00 Å². The number of rotatable bonds is 7. The maximum atomic E-state index is 13.2. The summed E-state index contributed by atoms with van der Waals surface area (Å²) < 4.78 is 25.8. The van der Waals surface area contributed by atoms with Crippen molar-refractivity contribution in [2.24, 2.45) is 0 Å². The van der Waals surface area contributed by atoms with Gasteiger partial charge in [-0.3, -0.25) is 4.21 Å². The molecule has 0 aliphatic carbocycles. The second-order valence-electron chi connectivity index (χ2n) is 6.70. The quantitative estimate of drug-likeness (QED) is 0.553. The Kier molecular flexibility index (Phi) is 6.19.